The molecule has 0 radical (unpaired) electrons. The van der Waals surface area contributed by atoms with Crippen molar-refractivity contribution in [1.82, 2.24) is 9.55 Å². The first-order valence-corrected chi connectivity index (χ1v) is 12.9. The maximum Gasteiger partial charge on any atom is 0.256 e. The van der Waals surface area contributed by atoms with Gasteiger partial charge in [0.1, 0.15) is 5.82 Å². The van der Waals surface area contributed by atoms with Crippen LogP contribution in [-0.4, -0.2) is 27.1 Å². The number of carbonyl (C=O) groups is 2. The molecule has 180 valence electrons. The second-order valence-corrected chi connectivity index (χ2v) is 9.69. The molecule has 0 saturated carbocycles. The Kier molecular flexibility index (Phi) is 7.01. The van der Waals surface area contributed by atoms with E-state index in [1.54, 1.807) is 30.3 Å². The Balaban J connectivity index is 1.26. The van der Waals surface area contributed by atoms with Gasteiger partial charge >= 0.3 is 0 Å². The Bertz CT molecular complexity index is 1490. The smallest absolute Gasteiger partial charge is 0.256 e. The van der Waals surface area contributed by atoms with Gasteiger partial charge in [-0.1, -0.05) is 24.6 Å². The van der Waals surface area contributed by atoms with Crippen LogP contribution in [-0.2, 0) is 17.8 Å². The monoisotopic (exact) mass is 495 g/mol. The molecule has 0 aliphatic carbocycles. The molecule has 7 nitrogen and oxygen atoms in total. The number of nitrogens with zero attached hydrogens (tertiary/aromatic N) is 3. The van der Waals surface area contributed by atoms with E-state index in [-0.39, 0.29) is 17.6 Å². The number of imidazole rings is 1. The van der Waals surface area contributed by atoms with Gasteiger partial charge in [-0.15, -0.1) is 11.8 Å². The first-order chi connectivity index (χ1) is 17.6. The lowest BCUT2D eigenvalue weighted by molar-refractivity contribution is -0.113. The first kappa shape index (κ1) is 23.6. The predicted molar refractivity (Wildman–Crippen MR) is 142 cm³/mol. The number of nitrogens with one attached hydrogen (secondary N) is 2. The maximum atomic E-state index is 13.1. The fourth-order valence-corrected chi connectivity index (χ4v) is 5.26. The van der Waals surface area contributed by atoms with E-state index in [9.17, 15) is 9.59 Å². The summed E-state index contributed by atoms with van der Waals surface area (Å²) < 4.78 is 2.29. The third-order valence-corrected chi connectivity index (χ3v) is 7.21. The number of hydrogen-bond donors (Lipinski definition) is 2. The second kappa shape index (κ2) is 10.7. The Morgan fingerprint density at radius 3 is 2.72 bits per heavy atom. The zero-order valence-corrected chi connectivity index (χ0v) is 20.5. The Labute approximate surface area is 213 Å². The minimum absolute atomic E-state index is 0.132. The molecule has 0 fully saturated rings. The van der Waals surface area contributed by atoms with Crippen molar-refractivity contribution in [2.45, 2.75) is 37.1 Å². The first-order valence-electron chi connectivity index (χ1n) is 11.9. The van der Waals surface area contributed by atoms with E-state index in [1.165, 1.54) is 18.2 Å². The van der Waals surface area contributed by atoms with Crippen LogP contribution in [0.1, 0.15) is 41.0 Å². The van der Waals surface area contributed by atoms with Crippen LogP contribution >= 0.6 is 11.8 Å². The third kappa shape index (κ3) is 5.26. The summed E-state index contributed by atoms with van der Waals surface area (Å²) in [5.74, 6) is 0.800. The zero-order chi connectivity index (χ0) is 24.9. The largest absolute Gasteiger partial charge is 0.328 e. The quantitative estimate of drug-likeness (QED) is 0.338. The van der Waals surface area contributed by atoms with Crippen molar-refractivity contribution in [2.75, 3.05) is 16.4 Å². The lowest BCUT2D eigenvalue weighted by atomic mass is 10.2. The molecular formula is C28H25N5O2S. The molecule has 0 bridgehead atoms. The standard InChI is InChI=1S/C28H25N5O2S/c29-17-19-7-6-8-20(15-19)30-27(34)18-36-25-10-4-3-9-22(25)28(35)31-21-12-13-24-23(16-21)32-26-11-2-1-5-14-33(24)26/h3-4,6-10,12-13,15-16H,1-2,5,11,14,18H2,(H,30,34)(H,31,35). The van der Waals surface area contributed by atoms with Crippen LogP contribution in [0, 0.1) is 11.3 Å². The molecule has 1 aliphatic rings. The van der Waals surface area contributed by atoms with Crippen molar-refractivity contribution in [3.05, 3.63) is 83.7 Å². The number of aryl methyl sites for hydroxylation is 2. The van der Waals surface area contributed by atoms with Crippen molar-refractivity contribution < 1.29 is 9.59 Å². The lowest BCUT2D eigenvalue weighted by Gasteiger charge is -2.11. The number of nitriles is 1. The topological polar surface area (TPSA) is 99.8 Å². The van der Waals surface area contributed by atoms with E-state index in [4.69, 9.17) is 10.2 Å². The Hall–Kier alpha value is -4.09. The number of fused-ring (bicyclic) bond motifs is 3. The third-order valence-electron chi connectivity index (χ3n) is 6.13. The molecule has 8 heteroatoms. The summed E-state index contributed by atoms with van der Waals surface area (Å²) >= 11 is 1.29. The number of rotatable bonds is 6. The molecule has 36 heavy (non-hydrogen) atoms. The summed E-state index contributed by atoms with van der Waals surface area (Å²) in [7, 11) is 0. The summed E-state index contributed by atoms with van der Waals surface area (Å²) in [6, 6.07) is 21.9. The van der Waals surface area contributed by atoms with Crippen molar-refractivity contribution in [3.63, 3.8) is 0 Å². The highest BCUT2D eigenvalue weighted by molar-refractivity contribution is 8.00. The van der Waals surface area contributed by atoms with Crippen LogP contribution < -0.4 is 10.6 Å². The Morgan fingerprint density at radius 1 is 0.972 bits per heavy atom. The van der Waals surface area contributed by atoms with Crippen LogP contribution in [0.4, 0.5) is 11.4 Å². The van der Waals surface area contributed by atoms with Gasteiger partial charge < -0.3 is 15.2 Å². The highest BCUT2D eigenvalue weighted by Gasteiger charge is 2.16. The van der Waals surface area contributed by atoms with Gasteiger partial charge in [0.05, 0.1) is 34.0 Å². The van der Waals surface area contributed by atoms with Crippen molar-refractivity contribution in [1.29, 1.82) is 5.26 Å². The van der Waals surface area contributed by atoms with Crippen LogP contribution in [0.5, 0.6) is 0 Å². The molecule has 2 heterocycles. The lowest BCUT2D eigenvalue weighted by Crippen LogP contribution is -2.16. The van der Waals surface area contributed by atoms with Gasteiger partial charge in [-0.2, -0.15) is 5.26 Å². The molecule has 0 saturated heterocycles. The number of benzene rings is 3. The normalized spacial score (nSPS) is 12.9. The van der Waals surface area contributed by atoms with E-state index >= 15 is 0 Å². The molecule has 0 spiro atoms. The van der Waals surface area contributed by atoms with Gasteiger partial charge in [-0.3, -0.25) is 9.59 Å². The second-order valence-electron chi connectivity index (χ2n) is 8.67. The number of aromatic nitrogens is 2. The van der Waals surface area contributed by atoms with Crippen LogP contribution in [0.15, 0.2) is 71.6 Å². The van der Waals surface area contributed by atoms with E-state index in [2.05, 4.69) is 21.3 Å². The number of hydrogen-bond acceptors (Lipinski definition) is 5. The molecule has 4 aromatic rings. The van der Waals surface area contributed by atoms with Gasteiger partial charge in [-0.25, -0.2) is 4.98 Å². The number of anilines is 2. The minimum atomic E-state index is -0.236. The zero-order valence-electron chi connectivity index (χ0n) is 19.7. The molecule has 5 rings (SSSR count). The van der Waals surface area contributed by atoms with Gasteiger partial charge in [0.2, 0.25) is 5.91 Å². The molecular weight excluding hydrogens is 470 g/mol. The molecule has 3 aromatic carbocycles. The van der Waals surface area contributed by atoms with E-state index < -0.39 is 0 Å². The highest BCUT2D eigenvalue weighted by Crippen LogP contribution is 2.27. The Morgan fingerprint density at radius 2 is 1.83 bits per heavy atom. The van der Waals surface area contributed by atoms with Crippen LogP contribution in [0.25, 0.3) is 11.0 Å². The summed E-state index contributed by atoms with van der Waals surface area (Å²) in [6.07, 6.45) is 4.53. The van der Waals surface area contributed by atoms with Gasteiger partial charge in [0.25, 0.3) is 5.91 Å². The fourth-order valence-electron chi connectivity index (χ4n) is 4.41. The van der Waals surface area contributed by atoms with Gasteiger partial charge in [-0.05, 0) is 61.4 Å². The molecule has 0 atom stereocenters. The molecule has 1 aromatic heterocycles. The molecule has 1 aliphatic heterocycles. The predicted octanol–water partition coefficient (Wildman–Crippen LogP) is 5.62. The number of carbonyl (C=O) groups excluding carboxylic acids is 2. The summed E-state index contributed by atoms with van der Waals surface area (Å²) in [5, 5.41) is 14.8. The number of amides is 2. The van der Waals surface area contributed by atoms with Gasteiger partial charge in [0, 0.05) is 29.2 Å². The van der Waals surface area contributed by atoms with Crippen LogP contribution in [0.3, 0.4) is 0 Å². The average Bonchev–Trinajstić information content (AvgIpc) is 3.07. The summed E-state index contributed by atoms with van der Waals surface area (Å²) in [6.45, 7) is 0.986. The van der Waals surface area contributed by atoms with E-state index in [1.807, 2.05) is 36.4 Å². The van der Waals surface area contributed by atoms with E-state index in [0.717, 1.165) is 42.7 Å². The highest BCUT2D eigenvalue weighted by atomic mass is 32.2. The maximum absolute atomic E-state index is 13.1. The fraction of sp³-hybridized carbons (Fsp3) is 0.214. The number of thioether (sulfide) groups is 1. The van der Waals surface area contributed by atoms with Gasteiger partial charge in [0.15, 0.2) is 0 Å². The SMILES string of the molecule is N#Cc1cccc(NC(=O)CSc2ccccc2C(=O)Nc2ccc3c(c2)nc2n3CCCCC2)c1. The van der Waals surface area contributed by atoms with Crippen molar-refractivity contribution >= 4 is 46.0 Å². The summed E-state index contributed by atoms with van der Waals surface area (Å²) in [5.41, 5.74) is 4.24. The van der Waals surface area contributed by atoms with Crippen LogP contribution in [0.2, 0.25) is 0 Å². The van der Waals surface area contributed by atoms with E-state index in [0.29, 0.717) is 27.4 Å². The summed E-state index contributed by atoms with van der Waals surface area (Å²) in [4.78, 5) is 31.1. The molecule has 2 amide bonds. The molecule has 2 N–H and O–H groups in total. The van der Waals surface area contributed by atoms with Crippen molar-refractivity contribution in [3.8, 4) is 6.07 Å². The minimum Gasteiger partial charge on any atom is -0.328 e. The molecule has 0 unspecified atom stereocenters. The average molecular weight is 496 g/mol. The van der Waals surface area contributed by atoms with Crippen molar-refractivity contribution in [2.24, 2.45) is 0 Å².